The molecule has 0 spiro atoms. The van der Waals surface area contributed by atoms with Crippen LogP contribution in [0.1, 0.15) is 49.1 Å². The molecule has 1 N–H and O–H groups in total. The molecule has 0 amide bonds. The zero-order valence-electron chi connectivity index (χ0n) is 11.9. The maximum atomic E-state index is 8.84. The van der Waals surface area contributed by atoms with Crippen molar-refractivity contribution in [3.8, 4) is 11.1 Å². The van der Waals surface area contributed by atoms with Gasteiger partial charge in [0.05, 0.1) is 0 Å². The van der Waals surface area contributed by atoms with E-state index < -0.39 is 0 Å². The normalized spacial score (nSPS) is 13.2. The molecule has 0 saturated heterocycles. The third-order valence-corrected chi connectivity index (χ3v) is 4.36. The largest absolute Gasteiger partial charge is 0.396 e. The molecule has 0 saturated carbocycles. The van der Waals surface area contributed by atoms with E-state index in [1.807, 2.05) is 0 Å². The van der Waals surface area contributed by atoms with E-state index in [0.717, 1.165) is 12.8 Å². The van der Waals surface area contributed by atoms with Crippen LogP contribution in [0.15, 0.2) is 48.5 Å². The van der Waals surface area contributed by atoms with Crippen LogP contribution in [0, 0.1) is 0 Å². The molecule has 2 aromatic carbocycles. The fourth-order valence-electron chi connectivity index (χ4n) is 3.38. The van der Waals surface area contributed by atoms with Gasteiger partial charge in [-0.15, -0.1) is 0 Å². The maximum absolute atomic E-state index is 8.84. The highest BCUT2D eigenvalue weighted by Crippen LogP contribution is 2.46. The van der Waals surface area contributed by atoms with Crippen LogP contribution >= 0.6 is 0 Å². The van der Waals surface area contributed by atoms with Gasteiger partial charge in [-0.05, 0) is 35.1 Å². The topological polar surface area (TPSA) is 20.2 Å². The molecule has 0 heterocycles. The van der Waals surface area contributed by atoms with Crippen molar-refractivity contribution in [2.75, 3.05) is 6.61 Å². The van der Waals surface area contributed by atoms with Crippen LogP contribution < -0.4 is 0 Å². The van der Waals surface area contributed by atoms with E-state index in [0.29, 0.717) is 12.5 Å². The van der Waals surface area contributed by atoms with Crippen LogP contribution in [0.2, 0.25) is 0 Å². The summed E-state index contributed by atoms with van der Waals surface area (Å²) < 4.78 is 0. The van der Waals surface area contributed by atoms with Gasteiger partial charge in [0.25, 0.3) is 0 Å². The summed E-state index contributed by atoms with van der Waals surface area (Å²) in [5.41, 5.74) is 5.83. The zero-order valence-corrected chi connectivity index (χ0v) is 11.9. The van der Waals surface area contributed by atoms with E-state index in [1.54, 1.807) is 0 Å². The maximum Gasteiger partial charge on any atom is 0.0431 e. The molecule has 0 fully saturated rings. The lowest BCUT2D eigenvalue weighted by molar-refractivity contribution is 0.282. The van der Waals surface area contributed by atoms with Gasteiger partial charge in [-0.3, -0.25) is 0 Å². The van der Waals surface area contributed by atoms with Crippen molar-refractivity contribution < 1.29 is 5.11 Å². The van der Waals surface area contributed by atoms with Gasteiger partial charge in [-0.1, -0.05) is 67.8 Å². The number of aliphatic hydroxyl groups excluding tert-OH is 1. The van der Waals surface area contributed by atoms with Gasteiger partial charge >= 0.3 is 0 Å². The molecule has 0 aliphatic heterocycles. The smallest absolute Gasteiger partial charge is 0.0431 e. The summed E-state index contributed by atoms with van der Waals surface area (Å²) in [4.78, 5) is 0. The molecule has 0 radical (unpaired) electrons. The van der Waals surface area contributed by atoms with Crippen LogP contribution in [-0.2, 0) is 0 Å². The minimum Gasteiger partial charge on any atom is -0.396 e. The van der Waals surface area contributed by atoms with E-state index in [4.69, 9.17) is 5.11 Å². The van der Waals surface area contributed by atoms with Gasteiger partial charge in [0.2, 0.25) is 0 Å². The average Bonchev–Trinajstić information content (AvgIpc) is 2.82. The Hall–Kier alpha value is -1.60. The molecule has 1 nitrogen and oxygen atoms in total. The second-order valence-corrected chi connectivity index (χ2v) is 5.65. The second-order valence-electron chi connectivity index (χ2n) is 5.65. The summed E-state index contributed by atoms with van der Waals surface area (Å²) in [6.07, 6.45) is 5.78. The SMILES string of the molecule is OCCCCCCC1c2ccccc2-c2ccccc21. The Kier molecular flexibility index (Phi) is 4.17. The number of unbranched alkanes of at least 4 members (excludes halogenated alkanes) is 3. The number of benzene rings is 2. The first-order valence-electron chi connectivity index (χ1n) is 7.71. The van der Waals surface area contributed by atoms with E-state index in [-0.39, 0.29) is 0 Å². The molecule has 0 atom stereocenters. The standard InChI is InChI=1S/C19H22O/c20-14-8-2-1-3-9-15-16-10-4-6-12-18(16)19-13-7-5-11-17(15)19/h4-7,10-13,15,20H,1-3,8-9,14H2. The van der Waals surface area contributed by atoms with Crippen molar-refractivity contribution in [3.63, 3.8) is 0 Å². The number of fused-ring (bicyclic) bond motifs is 3. The molecule has 3 rings (SSSR count). The third kappa shape index (κ3) is 2.51. The van der Waals surface area contributed by atoms with Crippen molar-refractivity contribution in [1.29, 1.82) is 0 Å². The van der Waals surface area contributed by atoms with Crippen molar-refractivity contribution in [3.05, 3.63) is 59.7 Å². The quantitative estimate of drug-likeness (QED) is 0.749. The van der Waals surface area contributed by atoms with Crippen molar-refractivity contribution in [1.82, 2.24) is 0 Å². The Morgan fingerprint density at radius 1 is 0.700 bits per heavy atom. The molecule has 0 bridgehead atoms. The molecular formula is C19H22O. The molecule has 20 heavy (non-hydrogen) atoms. The highest BCUT2D eigenvalue weighted by atomic mass is 16.2. The minimum absolute atomic E-state index is 0.328. The second kappa shape index (κ2) is 6.23. The highest BCUT2D eigenvalue weighted by molar-refractivity contribution is 5.78. The highest BCUT2D eigenvalue weighted by Gasteiger charge is 2.27. The average molecular weight is 266 g/mol. The Balaban J connectivity index is 1.77. The van der Waals surface area contributed by atoms with Crippen LogP contribution in [0.3, 0.4) is 0 Å². The molecule has 1 heteroatoms. The van der Waals surface area contributed by atoms with Gasteiger partial charge in [-0.25, -0.2) is 0 Å². The summed E-state index contributed by atoms with van der Waals surface area (Å²) in [5.74, 6) is 0.566. The van der Waals surface area contributed by atoms with Gasteiger partial charge in [0.15, 0.2) is 0 Å². The lowest BCUT2D eigenvalue weighted by Gasteiger charge is -2.13. The predicted molar refractivity (Wildman–Crippen MR) is 83.9 cm³/mol. The molecular weight excluding hydrogens is 244 g/mol. The minimum atomic E-state index is 0.328. The van der Waals surface area contributed by atoms with Crippen LogP contribution in [0.5, 0.6) is 0 Å². The van der Waals surface area contributed by atoms with Crippen molar-refractivity contribution in [2.24, 2.45) is 0 Å². The zero-order chi connectivity index (χ0) is 13.8. The third-order valence-electron chi connectivity index (χ3n) is 4.36. The summed E-state index contributed by atoms with van der Waals surface area (Å²) in [7, 11) is 0. The molecule has 0 unspecified atom stereocenters. The van der Waals surface area contributed by atoms with Crippen LogP contribution in [0.4, 0.5) is 0 Å². The first-order chi connectivity index (χ1) is 9.92. The molecule has 1 aliphatic carbocycles. The lowest BCUT2D eigenvalue weighted by atomic mass is 9.91. The fraction of sp³-hybridized carbons (Fsp3) is 0.368. The summed E-state index contributed by atoms with van der Waals surface area (Å²) in [6, 6.07) is 17.7. The number of rotatable bonds is 6. The van der Waals surface area contributed by atoms with E-state index in [2.05, 4.69) is 48.5 Å². The van der Waals surface area contributed by atoms with Crippen LogP contribution in [-0.4, -0.2) is 11.7 Å². The van der Waals surface area contributed by atoms with Gasteiger partial charge < -0.3 is 5.11 Å². The van der Waals surface area contributed by atoms with E-state index in [9.17, 15) is 0 Å². The first-order valence-corrected chi connectivity index (χ1v) is 7.71. The fourth-order valence-corrected chi connectivity index (χ4v) is 3.38. The lowest BCUT2D eigenvalue weighted by Crippen LogP contribution is -1.97. The first kappa shape index (κ1) is 13.4. The van der Waals surface area contributed by atoms with Crippen molar-refractivity contribution >= 4 is 0 Å². The Labute approximate surface area is 121 Å². The number of aliphatic hydroxyl groups is 1. The molecule has 104 valence electrons. The Morgan fingerprint density at radius 3 is 1.85 bits per heavy atom. The van der Waals surface area contributed by atoms with Crippen molar-refractivity contribution in [2.45, 2.75) is 38.0 Å². The Morgan fingerprint density at radius 2 is 1.25 bits per heavy atom. The number of hydrogen-bond acceptors (Lipinski definition) is 1. The van der Waals surface area contributed by atoms with Crippen LogP contribution in [0.25, 0.3) is 11.1 Å². The molecule has 1 aliphatic rings. The Bertz CT molecular complexity index is 528. The molecule has 2 aromatic rings. The summed E-state index contributed by atoms with van der Waals surface area (Å²) in [6.45, 7) is 0.328. The number of hydrogen-bond donors (Lipinski definition) is 1. The van der Waals surface area contributed by atoms with E-state index in [1.165, 1.54) is 41.5 Å². The summed E-state index contributed by atoms with van der Waals surface area (Å²) >= 11 is 0. The van der Waals surface area contributed by atoms with Gasteiger partial charge in [0.1, 0.15) is 0 Å². The van der Waals surface area contributed by atoms with Gasteiger partial charge in [0, 0.05) is 12.5 Å². The summed E-state index contributed by atoms with van der Waals surface area (Å²) in [5, 5.41) is 8.84. The molecule has 0 aromatic heterocycles. The van der Waals surface area contributed by atoms with Gasteiger partial charge in [-0.2, -0.15) is 0 Å². The monoisotopic (exact) mass is 266 g/mol. The van der Waals surface area contributed by atoms with E-state index >= 15 is 0 Å². The predicted octanol–water partition coefficient (Wildman–Crippen LogP) is 4.74.